The number of hydrogen-bond acceptors (Lipinski definition) is 4. The number of ether oxygens (including phenoxy) is 1. The summed E-state index contributed by atoms with van der Waals surface area (Å²) in [6, 6.07) is 16.4. The van der Waals surface area contributed by atoms with Crippen LogP contribution >= 0.6 is 11.8 Å². The van der Waals surface area contributed by atoms with Gasteiger partial charge in [0.2, 0.25) is 5.91 Å². The van der Waals surface area contributed by atoms with Crippen molar-refractivity contribution in [2.75, 3.05) is 32.1 Å². The average Bonchev–Trinajstić information content (AvgIpc) is 2.85. The molecule has 0 spiro atoms. The molecule has 0 bridgehead atoms. The highest BCUT2D eigenvalue weighted by atomic mass is 32.2. The average molecular weight is 385 g/mol. The van der Waals surface area contributed by atoms with Gasteiger partial charge in [-0.3, -0.25) is 9.69 Å². The van der Waals surface area contributed by atoms with Gasteiger partial charge in [0.05, 0.1) is 19.3 Å². The molecule has 3 rings (SSSR count). The SMILES string of the molecule is COc1ccc(C(C)N(C)CC(=O)N2CCC(C)Sc3ccccc32)cc1. The van der Waals surface area contributed by atoms with Crippen LogP contribution < -0.4 is 9.64 Å². The Kier molecular flexibility index (Phi) is 6.45. The molecule has 2 unspecified atom stereocenters. The number of thioether (sulfide) groups is 1. The molecular weight excluding hydrogens is 356 g/mol. The largest absolute Gasteiger partial charge is 0.497 e. The monoisotopic (exact) mass is 384 g/mol. The number of methoxy groups -OCH3 is 1. The van der Waals surface area contributed by atoms with Gasteiger partial charge in [-0.2, -0.15) is 0 Å². The van der Waals surface area contributed by atoms with Crippen LogP contribution in [0.15, 0.2) is 53.4 Å². The summed E-state index contributed by atoms with van der Waals surface area (Å²) in [5.41, 5.74) is 2.22. The van der Waals surface area contributed by atoms with E-state index in [-0.39, 0.29) is 11.9 Å². The molecule has 5 heteroatoms. The fourth-order valence-corrected chi connectivity index (χ4v) is 4.43. The Morgan fingerprint density at radius 3 is 2.67 bits per heavy atom. The van der Waals surface area contributed by atoms with E-state index < -0.39 is 0 Å². The molecule has 0 saturated heterocycles. The first-order valence-electron chi connectivity index (χ1n) is 9.40. The maximum absolute atomic E-state index is 13.1. The Morgan fingerprint density at radius 2 is 1.96 bits per heavy atom. The zero-order chi connectivity index (χ0) is 19.4. The second-order valence-corrected chi connectivity index (χ2v) is 8.57. The maximum atomic E-state index is 13.1. The Bertz CT molecular complexity index is 778. The lowest BCUT2D eigenvalue weighted by Gasteiger charge is -2.29. The Balaban J connectivity index is 1.72. The van der Waals surface area contributed by atoms with Crippen LogP contribution in [0.25, 0.3) is 0 Å². The third kappa shape index (κ3) is 4.66. The van der Waals surface area contributed by atoms with Crippen LogP contribution in [0.3, 0.4) is 0 Å². The quantitative estimate of drug-likeness (QED) is 0.754. The van der Waals surface area contributed by atoms with Crippen LogP contribution in [0.1, 0.15) is 31.9 Å². The van der Waals surface area contributed by atoms with Crippen LogP contribution in [-0.2, 0) is 4.79 Å². The summed E-state index contributed by atoms with van der Waals surface area (Å²) in [6.45, 7) is 5.52. The molecule has 0 aliphatic carbocycles. The fourth-order valence-electron chi connectivity index (χ4n) is 3.32. The molecule has 1 aliphatic rings. The Hall–Kier alpha value is -1.98. The van der Waals surface area contributed by atoms with Crippen LogP contribution in [0, 0.1) is 0 Å². The van der Waals surface area contributed by atoms with Crippen molar-refractivity contribution in [3.63, 3.8) is 0 Å². The number of hydrogen-bond donors (Lipinski definition) is 0. The molecule has 1 amide bonds. The minimum Gasteiger partial charge on any atom is -0.497 e. The number of anilines is 1. The number of carbonyl (C=O) groups is 1. The molecule has 1 aliphatic heterocycles. The van der Waals surface area contributed by atoms with E-state index in [1.54, 1.807) is 7.11 Å². The van der Waals surface area contributed by atoms with Crippen molar-refractivity contribution >= 4 is 23.4 Å². The number of carbonyl (C=O) groups excluding carboxylic acids is 1. The highest BCUT2D eigenvalue weighted by molar-refractivity contribution is 8.00. The van der Waals surface area contributed by atoms with Crippen molar-refractivity contribution < 1.29 is 9.53 Å². The highest BCUT2D eigenvalue weighted by Crippen LogP contribution is 2.37. The van der Waals surface area contributed by atoms with Gasteiger partial charge in [-0.25, -0.2) is 0 Å². The van der Waals surface area contributed by atoms with E-state index in [0.29, 0.717) is 11.8 Å². The topological polar surface area (TPSA) is 32.8 Å². The van der Waals surface area contributed by atoms with Crippen LogP contribution in [0.4, 0.5) is 5.69 Å². The van der Waals surface area contributed by atoms with E-state index in [1.807, 2.05) is 48.0 Å². The third-order valence-corrected chi connectivity index (χ3v) is 6.43. The van der Waals surface area contributed by atoms with Crippen LogP contribution in [0.2, 0.25) is 0 Å². The number of likely N-dealkylation sites (N-methyl/N-ethyl adjacent to an activating group) is 1. The lowest BCUT2D eigenvalue weighted by molar-refractivity contribution is -0.119. The molecule has 0 aromatic heterocycles. The van der Waals surface area contributed by atoms with Crippen molar-refractivity contribution in [1.82, 2.24) is 4.90 Å². The second kappa shape index (κ2) is 8.81. The van der Waals surface area contributed by atoms with Crippen molar-refractivity contribution in [1.29, 1.82) is 0 Å². The van der Waals surface area contributed by atoms with E-state index in [9.17, 15) is 4.79 Å². The molecular formula is C22H28N2O2S. The number of benzene rings is 2. The molecule has 0 radical (unpaired) electrons. The van der Waals surface area contributed by atoms with Gasteiger partial charge in [0.25, 0.3) is 0 Å². The normalized spacial score (nSPS) is 18.0. The lowest BCUT2D eigenvalue weighted by Crippen LogP contribution is -2.40. The molecule has 4 nitrogen and oxygen atoms in total. The van der Waals surface area contributed by atoms with Gasteiger partial charge >= 0.3 is 0 Å². The number of para-hydroxylation sites is 1. The molecule has 144 valence electrons. The molecule has 0 fully saturated rings. The minimum atomic E-state index is 0.148. The number of amides is 1. The molecule has 0 N–H and O–H groups in total. The van der Waals surface area contributed by atoms with E-state index in [2.05, 4.69) is 43.0 Å². The Labute approximate surface area is 166 Å². The molecule has 2 aromatic carbocycles. The minimum absolute atomic E-state index is 0.148. The zero-order valence-corrected chi connectivity index (χ0v) is 17.3. The first-order valence-corrected chi connectivity index (χ1v) is 10.3. The summed E-state index contributed by atoms with van der Waals surface area (Å²) in [7, 11) is 3.68. The Morgan fingerprint density at radius 1 is 1.26 bits per heavy atom. The molecule has 1 heterocycles. The molecule has 2 aromatic rings. The summed E-state index contributed by atoms with van der Waals surface area (Å²) in [6.07, 6.45) is 1.00. The van der Waals surface area contributed by atoms with Crippen molar-refractivity contribution in [3.05, 3.63) is 54.1 Å². The predicted octanol–water partition coefficient (Wildman–Crippen LogP) is 4.61. The van der Waals surface area contributed by atoms with Gasteiger partial charge in [-0.1, -0.05) is 31.2 Å². The molecule has 0 saturated carbocycles. The highest BCUT2D eigenvalue weighted by Gasteiger charge is 2.25. The molecule has 2 atom stereocenters. The fraction of sp³-hybridized carbons (Fsp3) is 0.409. The number of rotatable bonds is 5. The van der Waals surface area contributed by atoms with E-state index in [4.69, 9.17) is 4.74 Å². The van der Waals surface area contributed by atoms with E-state index in [1.165, 1.54) is 10.5 Å². The van der Waals surface area contributed by atoms with Crippen molar-refractivity contribution in [2.24, 2.45) is 0 Å². The summed E-state index contributed by atoms with van der Waals surface area (Å²) >= 11 is 1.86. The second-order valence-electron chi connectivity index (χ2n) is 7.09. The standard InChI is InChI=1S/C22H28N2O2S/c1-16-13-14-24(20-7-5-6-8-21(20)27-16)22(25)15-23(3)17(2)18-9-11-19(26-4)12-10-18/h5-12,16-17H,13-15H2,1-4H3. The van der Waals surface area contributed by atoms with Gasteiger partial charge < -0.3 is 9.64 Å². The number of fused-ring (bicyclic) bond motifs is 1. The smallest absolute Gasteiger partial charge is 0.241 e. The maximum Gasteiger partial charge on any atom is 0.241 e. The zero-order valence-electron chi connectivity index (χ0n) is 16.5. The van der Waals surface area contributed by atoms with Gasteiger partial charge in [0.1, 0.15) is 5.75 Å². The van der Waals surface area contributed by atoms with Crippen molar-refractivity contribution in [3.8, 4) is 5.75 Å². The van der Waals surface area contributed by atoms with Gasteiger partial charge in [0, 0.05) is 22.7 Å². The predicted molar refractivity (Wildman–Crippen MR) is 113 cm³/mol. The van der Waals surface area contributed by atoms with Crippen LogP contribution in [-0.4, -0.2) is 43.3 Å². The van der Waals surface area contributed by atoms with Crippen molar-refractivity contribution in [2.45, 2.75) is 36.5 Å². The summed E-state index contributed by atoms with van der Waals surface area (Å²) < 4.78 is 5.23. The summed E-state index contributed by atoms with van der Waals surface area (Å²) in [5.74, 6) is 0.998. The first-order chi connectivity index (χ1) is 13.0. The van der Waals surface area contributed by atoms with E-state index >= 15 is 0 Å². The first kappa shape index (κ1) is 19.8. The van der Waals surface area contributed by atoms with Gasteiger partial charge in [-0.15, -0.1) is 11.8 Å². The third-order valence-electron chi connectivity index (χ3n) is 5.19. The van der Waals surface area contributed by atoms with Gasteiger partial charge in [-0.05, 0) is 50.2 Å². The van der Waals surface area contributed by atoms with E-state index in [0.717, 1.165) is 24.4 Å². The number of nitrogens with zero attached hydrogens (tertiary/aromatic N) is 2. The lowest BCUT2D eigenvalue weighted by atomic mass is 10.1. The summed E-state index contributed by atoms with van der Waals surface area (Å²) in [5, 5.41) is 0.514. The van der Waals surface area contributed by atoms with Crippen LogP contribution in [0.5, 0.6) is 5.75 Å². The summed E-state index contributed by atoms with van der Waals surface area (Å²) in [4.78, 5) is 18.4. The van der Waals surface area contributed by atoms with Gasteiger partial charge in [0.15, 0.2) is 0 Å². The molecule has 27 heavy (non-hydrogen) atoms.